The molecular weight excluding hydrogens is 503 g/mol. The number of hydrogen-bond acceptors (Lipinski definition) is 7. The first-order chi connectivity index (χ1) is 18.5. The minimum absolute atomic E-state index is 0.0120. The summed E-state index contributed by atoms with van der Waals surface area (Å²) in [6, 6.07) is 4.55. The molecule has 10 nitrogen and oxygen atoms in total. The standard InChI is InChI=1S/C28H37FN6O4/c1-27(2,3)38-26(37)35-16-18-14-19(35)15-34(18)21-7-5-6-20(29)22(21)30-25(36)33-12-10-28(4,11-13-33)24-31-23(39-32-24)17-8-9-17/h5-7,17-19H,8-16H2,1-4H3,(H,30,36)/t18-,19-/m1/s1. The van der Waals surface area contributed by atoms with Crippen LogP contribution in [0, 0.1) is 5.82 Å². The van der Waals surface area contributed by atoms with E-state index in [2.05, 4.69) is 27.3 Å². The number of carbonyl (C=O) groups is 2. The van der Waals surface area contributed by atoms with Crippen LogP contribution in [-0.4, -0.2) is 75.9 Å². The van der Waals surface area contributed by atoms with Crippen LogP contribution >= 0.6 is 0 Å². The van der Waals surface area contributed by atoms with E-state index in [-0.39, 0.29) is 35.3 Å². The van der Waals surface area contributed by atoms with Crippen molar-refractivity contribution in [2.24, 2.45) is 0 Å². The minimum Gasteiger partial charge on any atom is -0.444 e. The monoisotopic (exact) mass is 540 g/mol. The summed E-state index contributed by atoms with van der Waals surface area (Å²) in [5, 5.41) is 7.10. The fraction of sp³-hybridized carbons (Fsp3) is 0.643. The number of nitrogens with zero attached hydrogens (tertiary/aromatic N) is 5. The topological polar surface area (TPSA) is 104 Å². The van der Waals surface area contributed by atoms with E-state index in [1.165, 1.54) is 6.07 Å². The van der Waals surface area contributed by atoms with Gasteiger partial charge in [-0.1, -0.05) is 18.1 Å². The largest absolute Gasteiger partial charge is 0.444 e. The van der Waals surface area contributed by atoms with Crippen LogP contribution in [0.2, 0.25) is 0 Å². The highest BCUT2D eigenvalue weighted by atomic mass is 19.1. The second-order valence-electron chi connectivity index (χ2n) is 12.7. The van der Waals surface area contributed by atoms with Crippen LogP contribution in [0.3, 0.4) is 0 Å². The zero-order valence-electron chi connectivity index (χ0n) is 23.1. The molecule has 1 N–H and O–H groups in total. The molecule has 4 fully saturated rings. The van der Waals surface area contributed by atoms with Crippen LogP contribution in [-0.2, 0) is 10.2 Å². The lowest BCUT2D eigenvalue weighted by Gasteiger charge is -2.38. The molecule has 2 bridgehead atoms. The van der Waals surface area contributed by atoms with E-state index < -0.39 is 11.4 Å². The van der Waals surface area contributed by atoms with Crippen LogP contribution in [0.15, 0.2) is 22.7 Å². The number of aromatic nitrogens is 2. The number of likely N-dealkylation sites (tertiary alicyclic amines) is 2. The first kappa shape index (κ1) is 25.9. The lowest BCUT2D eigenvalue weighted by molar-refractivity contribution is 0.0214. The Morgan fingerprint density at radius 1 is 1.15 bits per heavy atom. The third-order valence-corrected chi connectivity index (χ3v) is 8.46. The zero-order valence-corrected chi connectivity index (χ0v) is 23.1. The number of rotatable bonds is 4. The minimum atomic E-state index is -0.560. The van der Waals surface area contributed by atoms with Gasteiger partial charge in [-0.25, -0.2) is 14.0 Å². The lowest BCUT2D eigenvalue weighted by Crippen LogP contribution is -2.50. The molecule has 39 heavy (non-hydrogen) atoms. The maximum absolute atomic E-state index is 15.1. The molecule has 3 amide bonds. The van der Waals surface area contributed by atoms with Crippen molar-refractivity contribution < 1.29 is 23.2 Å². The number of para-hydroxylation sites is 1. The number of ether oxygens (including phenoxy) is 1. The fourth-order valence-corrected chi connectivity index (χ4v) is 5.97. The highest BCUT2D eigenvalue weighted by molar-refractivity contribution is 5.94. The fourth-order valence-electron chi connectivity index (χ4n) is 5.97. The Kier molecular flexibility index (Phi) is 6.22. The van der Waals surface area contributed by atoms with Crippen molar-refractivity contribution in [3.63, 3.8) is 0 Å². The summed E-state index contributed by atoms with van der Waals surface area (Å²) in [7, 11) is 0. The quantitative estimate of drug-likeness (QED) is 0.590. The van der Waals surface area contributed by atoms with Gasteiger partial charge in [0.2, 0.25) is 5.89 Å². The van der Waals surface area contributed by atoms with Crippen LogP contribution in [0.25, 0.3) is 0 Å². The Labute approximate surface area is 227 Å². The summed E-state index contributed by atoms with van der Waals surface area (Å²) >= 11 is 0. The van der Waals surface area contributed by atoms with Gasteiger partial charge in [0.25, 0.3) is 0 Å². The molecule has 0 radical (unpaired) electrons. The van der Waals surface area contributed by atoms with Gasteiger partial charge in [-0.15, -0.1) is 0 Å². The summed E-state index contributed by atoms with van der Waals surface area (Å²) in [4.78, 5) is 36.2. The second kappa shape index (κ2) is 9.38. The van der Waals surface area contributed by atoms with Crippen molar-refractivity contribution in [3.05, 3.63) is 35.7 Å². The highest BCUT2D eigenvalue weighted by Gasteiger charge is 2.47. The molecule has 210 valence electrons. The van der Waals surface area contributed by atoms with E-state index in [1.807, 2.05) is 26.8 Å². The molecule has 2 aromatic rings. The van der Waals surface area contributed by atoms with E-state index in [1.54, 1.807) is 15.9 Å². The molecule has 3 saturated heterocycles. The predicted molar refractivity (Wildman–Crippen MR) is 142 cm³/mol. The number of piperazine rings is 1. The Morgan fingerprint density at radius 2 is 1.90 bits per heavy atom. The van der Waals surface area contributed by atoms with E-state index in [4.69, 9.17) is 9.26 Å². The molecule has 4 heterocycles. The smallest absolute Gasteiger partial charge is 0.410 e. The van der Waals surface area contributed by atoms with Crippen molar-refractivity contribution in [3.8, 4) is 0 Å². The third-order valence-electron chi connectivity index (χ3n) is 8.46. The number of urea groups is 1. The number of fused-ring (bicyclic) bond motifs is 2. The van der Waals surface area contributed by atoms with Crippen LogP contribution in [0.5, 0.6) is 0 Å². The van der Waals surface area contributed by atoms with Gasteiger partial charge in [0.05, 0.1) is 11.7 Å². The number of hydrogen-bond donors (Lipinski definition) is 1. The number of amides is 3. The number of nitrogens with one attached hydrogen (secondary N) is 1. The lowest BCUT2D eigenvalue weighted by atomic mass is 9.80. The van der Waals surface area contributed by atoms with E-state index in [0.717, 1.165) is 25.2 Å². The van der Waals surface area contributed by atoms with Gasteiger partial charge in [0.15, 0.2) is 5.82 Å². The number of benzene rings is 1. The van der Waals surface area contributed by atoms with Gasteiger partial charge in [-0.3, -0.25) is 0 Å². The van der Waals surface area contributed by atoms with Gasteiger partial charge in [0.1, 0.15) is 17.1 Å². The molecule has 4 aliphatic rings. The van der Waals surface area contributed by atoms with Crippen LogP contribution in [0.4, 0.5) is 25.4 Å². The third kappa shape index (κ3) is 5.03. The van der Waals surface area contributed by atoms with E-state index >= 15 is 4.39 Å². The molecular formula is C28H37FN6O4. The summed E-state index contributed by atoms with van der Waals surface area (Å²) in [5.74, 6) is 1.37. The van der Waals surface area contributed by atoms with Crippen LogP contribution < -0.4 is 10.2 Å². The van der Waals surface area contributed by atoms with E-state index in [0.29, 0.717) is 56.5 Å². The van der Waals surface area contributed by atoms with Gasteiger partial charge >= 0.3 is 12.1 Å². The van der Waals surface area contributed by atoms with Crippen molar-refractivity contribution in [2.75, 3.05) is 36.4 Å². The molecule has 3 aliphatic heterocycles. The summed E-state index contributed by atoms with van der Waals surface area (Å²) in [6.07, 6.45) is 4.07. The number of halogens is 1. The Bertz CT molecular complexity index is 1260. The van der Waals surface area contributed by atoms with Gasteiger partial charge in [0, 0.05) is 43.6 Å². The molecule has 1 aromatic heterocycles. The summed E-state index contributed by atoms with van der Waals surface area (Å²) in [5.41, 5.74) is 0.00132. The average molecular weight is 541 g/mol. The molecule has 6 rings (SSSR count). The van der Waals surface area contributed by atoms with Gasteiger partial charge < -0.3 is 29.3 Å². The Hall–Kier alpha value is -3.37. The Morgan fingerprint density at radius 3 is 2.54 bits per heavy atom. The highest BCUT2D eigenvalue weighted by Crippen LogP contribution is 2.42. The van der Waals surface area contributed by atoms with Crippen molar-refractivity contribution in [1.82, 2.24) is 19.9 Å². The number of carbonyl (C=O) groups excluding carboxylic acids is 2. The molecule has 1 aliphatic carbocycles. The normalized spacial score (nSPS) is 24.3. The molecule has 11 heteroatoms. The Balaban J connectivity index is 1.10. The van der Waals surface area contributed by atoms with Crippen molar-refractivity contribution >= 4 is 23.5 Å². The number of piperidine rings is 1. The van der Waals surface area contributed by atoms with Gasteiger partial charge in [-0.2, -0.15) is 4.98 Å². The van der Waals surface area contributed by atoms with E-state index in [9.17, 15) is 9.59 Å². The van der Waals surface area contributed by atoms with Crippen molar-refractivity contribution in [1.29, 1.82) is 0 Å². The molecule has 0 unspecified atom stereocenters. The van der Waals surface area contributed by atoms with Gasteiger partial charge in [-0.05, 0) is 65.0 Å². The zero-order chi connectivity index (χ0) is 27.5. The molecule has 0 spiro atoms. The molecule has 2 atom stereocenters. The molecule has 1 saturated carbocycles. The summed E-state index contributed by atoms with van der Waals surface area (Å²) < 4.78 is 26.1. The predicted octanol–water partition coefficient (Wildman–Crippen LogP) is 4.87. The van der Waals surface area contributed by atoms with Crippen molar-refractivity contribution in [2.45, 2.75) is 88.8 Å². The first-order valence-electron chi connectivity index (χ1n) is 14.0. The average Bonchev–Trinajstić information content (AvgIpc) is 3.27. The first-order valence-corrected chi connectivity index (χ1v) is 14.0. The number of anilines is 2. The maximum atomic E-state index is 15.1. The SMILES string of the molecule is CC(C)(C)OC(=O)N1C[C@H]2C[C@@H]1CN2c1cccc(F)c1NC(=O)N1CCC(C)(c2noc(C3CC3)n2)CC1. The maximum Gasteiger partial charge on any atom is 0.410 e. The van der Waals surface area contributed by atoms with Crippen LogP contribution in [0.1, 0.15) is 77.4 Å². The second-order valence-corrected chi connectivity index (χ2v) is 12.7. The molecule has 1 aromatic carbocycles. The summed E-state index contributed by atoms with van der Waals surface area (Å²) in [6.45, 7) is 9.77.